The minimum atomic E-state index is -0.653. The molecule has 0 fully saturated rings. The topological polar surface area (TPSA) is 87.6 Å². The van der Waals surface area contributed by atoms with Crippen LogP contribution in [0.1, 0.15) is 31.9 Å². The minimum absolute atomic E-state index is 0.0916. The van der Waals surface area contributed by atoms with Crippen LogP contribution in [0.2, 0.25) is 0 Å². The van der Waals surface area contributed by atoms with Gasteiger partial charge in [0.15, 0.2) is 17.6 Å². The van der Waals surface area contributed by atoms with E-state index in [9.17, 15) is 4.79 Å². The smallest absolute Gasteiger partial charge is 0.258 e. The highest BCUT2D eigenvalue weighted by Crippen LogP contribution is 2.30. The van der Waals surface area contributed by atoms with Crippen LogP contribution in [0.5, 0.6) is 11.5 Å². The van der Waals surface area contributed by atoms with Gasteiger partial charge in [0.25, 0.3) is 5.91 Å². The van der Waals surface area contributed by atoms with Gasteiger partial charge in [-0.15, -0.1) is 0 Å². The van der Waals surface area contributed by atoms with E-state index in [2.05, 4.69) is 0 Å². The Morgan fingerprint density at radius 3 is 2.50 bits per heavy atom. The highest BCUT2D eigenvalue weighted by Gasteiger charge is 2.17. The maximum atomic E-state index is 11.1. The minimum Gasteiger partial charge on any atom is -0.493 e. The molecule has 5 nitrogen and oxygen atoms in total. The first-order valence-corrected chi connectivity index (χ1v) is 5.89. The predicted molar refractivity (Wildman–Crippen MR) is 69.5 cm³/mol. The van der Waals surface area contributed by atoms with Gasteiger partial charge in [0.1, 0.15) is 0 Å². The van der Waals surface area contributed by atoms with Crippen LogP contribution < -0.4 is 20.9 Å². The van der Waals surface area contributed by atoms with E-state index in [4.69, 9.17) is 20.9 Å². The van der Waals surface area contributed by atoms with Crippen LogP contribution in [0, 0.1) is 0 Å². The van der Waals surface area contributed by atoms with Crippen LogP contribution in [0.3, 0.4) is 0 Å². The second kappa shape index (κ2) is 6.26. The Morgan fingerprint density at radius 1 is 1.39 bits per heavy atom. The Kier molecular flexibility index (Phi) is 4.97. The van der Waals surface area contributed by atoms with Crippen LogP contribution >= 0.6 is 0 Å². The van der Waals surface area contributed by atoms with E-state index in [1.165, 1.54) is 0 Å². The molecule has 0 aliphatic heterocycles. The number of amides is 1. The van der Waals surface area contributed by atoms with Crippen LogP contribution in [-0.2, 0) is 4.79 Å². The molecule has 2 atom stereocenters. The van der Waals surface area contributed by atoms with E-state index >= 15 is 0 Å². The Morgan fingerprint density at radius 2 is 2.06 bits per heavy atom. The first kappa shape index (κ1) is 14.3. The summed E-state index contributed by atoms with van der Waals surface area (Å²) in [5.74, 6) is 0.549. The summed E-state index contributed by atoms with van der Waals surface area (Å²) in [7, 11) is 1.54. The third kappa shape index (κ3) is 3.37. The number of benzene rings is 1. The molecule has 0 spiro atoms. The summed E-state index contributed by atoms with van der Waals surface area (Å²) in [6.07, 6.45) is -0.145. The van der Waals surface area contributed by atoms with Gasteiger partial charge >= 0.3 is 0 Å². The Bertz CT molecular complexity index is 419. The van der Waals surface area contributed by atoms with Crippen molar-refractivity contribution >= 4 is 5.91 Å². The van der Waals surface area contributed by atoms with Gasteiger partial charge in [0.2, 0.25) is 0 Å². The molecule has 1 unspecified atom stereocenters. The standard InChI is InChI=1S/C13H20N2O3/c1-4-10(13(15)16)18-11-6-5-9(8(2)14)7-12(11)17-3/h5-8,10H,4,14H2,1-3H3,(H2,15,16)/t8-,10?/m0/s1. The normalized spacial score (nSPS) is 13.8. The first-order chi connectivity index (χ1) is 8.49. The van der Waals surface area contributed by atoms with Crippen LogP contribution in [0.15, 0.2) is 18.2 Å². The van der Waals surface area contributed by atoms with Crippen molar-refractivity contribution in [2.75, 3.05) is 7.11 Å². The monoisotopic (exact) mass is 252 g/mol. The molecular weight excluding hydrogens is 232 g/mol. The summed E-state index contributed by atoms with van der Waals surface area (Å²) < 4.78 is 10.8. The second-order valence-electron chi connectivity index (χ2n) is 4.12. The average molecular weight is 252 g/mol. The molecule has 0 saturated heterocycles. The molecule has 0 bridgehead atoms. The maximum absolute atomic E-state index is 11.1. The molecule has 18 heavy (non-hydrogen) atoms. The molecule has 0 aliphatic carbocycles. The number of ether oxygens (including phenoxy) is 2. The van der Waals surface area contributed by atoms with Gasteiger partial charge in [0, 0.05) is 6.04 Å². The molecule has 1 aromatic rings. The van der Waals surface area contributed by atoms with Gasteiger partial charge < -0.3 is 20.9 Å². The molecule has 1 amide bonds. The molecule has 100 valence electrons. The van der Waals surface area contributed by atoms with E-state index in [0.717, 1.165) is 5.56 Å². The van der Waals surface area contributed by atoms with E-state index in [0.29, 0.717) is 17.9 Å². The van der Waals surface area contributed by atoms with Crippen molar-refractivity contribution in [3.05, 3.63) is 23.8 Å². The Balaban J connectivity index is 2.98. The summed E-state index contributed by atoms with van der Waals surface area (Å²) in [6.45, 7) is 3.71. The molecule has 1 rings (SSSR count). The lowest BCUT2D eigenvalue weighted by molar-refractivity contribution is -0.124. The molecule has 0 radical (unpaired) electrons. The fourth-order valence-electron chi connectivity index (χ4n) is 1.56. The van der Waals surface area contributed by atoms with Crippen molar-refractivity contribution in [1.82, 2.24) is 0 Å². The van der Waals surface area contributed by atoms with Crippen LogP contribution in [0.25, 0.3) is 0 Å². The number of hydrogen-bond acceptors (Lipinski definition) is 4. The molecule has 0 aliphatic rings. The predicted octanol–water partition coefficient (Wildman–Crippen LogP) is 1.36. The Labute approximate surface area is 107 Å². The summed E-state index contributed by atoms with van der Waals surface area (Å²) in [5.41, 5.74) is 12.0. The van der Waals surface area contributed by atoms with Gasteiger partial charge in [-0.1, -0.05) is 13.0 Å². The summed E-state index contributed by atoms with van der Waals surface area (Å²) in [4.78, 5) is 11.1. The summed E-state index contributed by atoms with van der Waals surface area (Å²) in [5, 5.41) is 0. The molecule has 4 N–H and O–H groups in total. The molecule has 0 aromatic heterocycles. The average Bonchev–Trinajstić information content (AvgIpc) is 2.35. The molecule has 0 heterocycles. The second-order valence-corrected chi connectivity index (χ2v) is 4.12. The van der Waals surface area contributed by atoms with Gasteiger partial charge in [-0.3, -0.25) is 4.79 Å². The van der Waals surface area contributed by atoms with Crippen LogP contribution in [0.4, 0.5) is 0 Å². The number of rotatable bonds is 6. The van der Waals surface area contributed by atoms with Crippen molar-refractivity contribution < 1.29 is 14.3 Å². The van der Waals surface area contributed by atoms with Crippen molar-refractivity contribution in [2.45, 2.75) is 32.4 Å². The number of hydrogen-bond donors (Lipinski definition) is 2. The van der Waals surface area contributed by atoms with Crippen molar-refractivity contribution in [3.63, 3.8) is 0 Å². The zero-order valence-corrected chi connectivity index (χ0v) is 11.0. The number of nitrogens with two attached hydrogens (primary N) is 2. The molecule has 0 saturated carbocycles. The molecule has 1 aromatic carbocycles. The third-order valence-electron chi connectivity index (χ3n) is 2.67. The van der Waals surface area contributed by atoms with Gasteiger partial charge in [-0.2, -0.15) is 0 Å². The van der Waals surface area contributed by atoms with Crippen molar-refractivity contribution in [1.29, 1.82) is 0 Å². The number of primary amides is 1. The van der Waals surface area contributed by atoms with E-state index in [1.54, 1.807) is 19.2 Å². The fourth-order valence-corrected chi connectivity index (χ4v) is 1.56. The zero-order chi connectivity index (χ0) is 13.7. The van der Waals surface area contributed by atoms with Crippen molar-refractivity contribution in [2.24, 2.45) is 11.5 Å². The summed E-state index contributed by atoms with van der Waals surface area (Å²) >= 11 is 0. The summed E-state index contributed by atoms with van der Waals surface area (Å²) in [6, 6.07) is 5.29. The molecular formula is C13H20N2O3. The maximum Gasteiger partial charge on any atom is 0.258 e. The number of carbonyl (C=O) groups is 1. The largest absolute Gasteiger partial charge is 0.493 e. The lowest BCUT2D eigenvalue weighted by Gasteiger charge is -2.17. The third-order valence-corrected chi connectivity index (χ3v) is 2.67. The van der Waals surface area contributed by atoms with E-state index in [1.807, 2.05) is 19.9 Å². The van der Waals surface area contributed by atoms with Crippen LogP contribution in [-0.4, -0.2) is 19.1 Å². The van der Waals surface area contributed by atoms with E-state index < -0.39 is 12.0 Å². The lowest BCUT2D eigenvalue weighted by atomic mass is 10.1. The quantitative estimate of drug-likeness (QED) is 0.800. The highest BCUT2D eigenvalue weighted by molar-refractivity contribution is 5.79. The zero-order valence-electron chi connectivity index (χ0n) is 11.0. The van der Waals surface area contributed by atoms with Gasteiger partial charge in [-0.25, -0.2) is 0 Å². The Hall–Kier alpha value is -1.75. The number of methoxy groups -OCH3 is 1. The lowest BCUT2D eigenvalue weighted by Crippen LogP contribution is -2.33. The first-order valence-electron chi connectivity index (χ1n) is 5.89. The molecule has 5 heteroatoms. The van der Waals surface area contributed by atoms with Gasteiger partial charge in [0.05, 0.1) is 7.11 Å². The SMILES string of the molecule is CCC(Oc1ccc([C@H](C)N)cc1OC)C(N)=O. The number of carbonyl (C=O) groups excluding carboxylic acids is 1. The van der Waals surface area contributed by atoms with Gasteiger partial charge in [-0.05, 0) is 31.0 Å². The fraction of sp³-hybridized carbons (Fsp3) is 0.462. The van der Waals surface area contributed by atoms with E-state index in [-0.39, 0.29) is 6.04 Å². The highest BCUT2D eigenvalue weighted by atomic mass is 16.5. The van der Waals surface area contributed by atoms with Crippen molar-refractivity contribution in [3.8, 4) is 11.5 Å².